The summed E-state index contributed by atoms with van der Waals surface area (Å²) < 4.78 is 0. The second kappa shape index (κ2) is 2.82. The summed E-state index contributed by atoms with van der Waals surface area (Å²) in [6, 6.07) is 0. The first-order valence-corrected chi connectivity index (χ1v) is 3.28. The van der Waals surface area contributed by atoms with Crippen molar-refractivity contribution in [1.82, 2.24) is 5.48 Å². The highest BCUT2D eigenvalue weighted by atomic mass is 16.5. The van der Waals surface area contributed by atoms with Crippen molar-refractivity contribution >= 4 is 5.91 Å². The van der Waals surface area contributed by atoms with Gasteiger partial charge in [0, 0.05) is 5.92 Å². The molecule has 0 spiro atoms. The standard InChI is InChI=1S/C6H11NO2/c8-6(7-9)5-3-1-2-4-5/h5,9H,1-4H2,(H,7,8). The van der Waals surface area contributed by atoms with E-state index in [-0.39, 0.29) is 11.8 Å². The van der Waals surface area contributed by atoms with Gasteiger partial charge in [-0.2, -0.15) is 0 Å². The van der Waals surface area contributed by atoms with Crippen LogP contribution in [0.1, 0.15) is 25.7 Å². The van der Waals surface area contributed by atoms with Gasteiger partial charge in [-0.25, -0.2) is 5.48 Å². The van der Waals surface area contributed by atoms with Crippen LogP contribution in [0.5, 0.6) is 0 Å². The van der Waals surface area contributed by atoms with Crippen molar-refractivity contribution in [1.29, 1.82) is 0 Å². The van der Waals surface area contributed by atoms with Crippen LogP contribution in [0.4, 0.5) is 0 Å². The van der Waals surface area contributed by atoms with Gasteiger partial charge in [-0.05, 0) is 12.8 Å². The molecule has 1 aliphatic carbocycles. The SMILES string of the molecule is O=C(NO)C1CCCC1. The third-order valence-electron chi connectivity index (χ3n) is 1.84. The number of hydroxylamine groups is 1. The summed E-state index contributed by atoms with van der Waals surface area (Å²) in [5.41, 5.74) is 1.67. The van der Waals surface area contributed by atoms with Crippen LogP contribution < -0.4 is 5.48 Å². The fourth-order valence-electron chi connectivity index (χ4n) is 1.28. The topological polar surface area (TPSA) is 49.3 Å². The molecule has 1 rings (SSSR count). The lowest BCUT2D eigenvalue weighted by Crippen LogP contribution is -2.25. The molecule has 2 N–H and O–H groups in total. The molecule has 1 aliphatic rings. The molecule has 0 bridgehead atoms. The van der Waals surface area contributed by atoms with E-state index in [1.165, 1.54) is 0 Å². The van der Waals surface area contributed by atoms with E-state index < -0.39 is 0 Å². The highest BCUT2D eigenvalue weighted by Gasteiger charge is 2.21. The van der Waals surface area contributed by atoms with E-state index in [0.29, 0.717) is 0 Å². The maximum absolute atomic E-state index is 10.7. The summed E-state index contributed by atoms with van der Waals surface area (Å²) in [4.78, 5) is 10.7. The van der Waals surface area contributed by atoms with Crippen LogP contribution in [0.25, 0.3) is 0 Å². The molecule has 3 nitrogen and oxygen atoms in total. The van der Waals surface area contributed by atoms with Crippen molar-refractivity contribution in [3.8, 4) is 0 Å². The molecular formula is C6H11NO2. The van der Waals surface area contributed by atoms with Gasteiger partial charge < -0.3 is 0 Å². The van der Waals surface area contributed by atoms with Gasteiger partial charge >= 0.3 is 0 Å². The Morgan fingerprint density at radius 2 is 2.00 bits per heavy atom. The number of amides is 1. The molecule has 1 amide bonds. The Labute approximate surface area is 54.0 Å². The molecule has 0 atom stereocenters. The molecule has 0 aliphatic heterocycles. The number of carbonyl (C=O) groups is 1. The van der Waals surface area contributed by atoms with Gasteiger partial charge in [-0.1, -0.05) is 12.8 Å². The molecule has 0 heterocycles. The van der Waals surface area contributed by atoms with Gasteiger partial charge in [0.05, 0.1) is 0 Å². The van der Waals surface area contributed by atoms with Gasteiger partial charge in [0.25, 0.3) is 0 Å². The van der Waals surface area contributed by atoms with Gasteiger partial charge in [-0.15, -0.1) is 0 Å². The summed E-state index contributed by atoms with van der Waals surface area (Å²) in [5.74, 6) is -0.137. The minimum atomic E-state index is -0.215. The maximum Gasteiger partial charge on any atom is 0.246 e. The van der Waals surface area contributed by atoms with Crippen LogP contribution in [0, 0.1) is 5.92 Å². The summed E-state index contributed by atoms with van der Waals surface area (Å²) in [6.45, 7) is 0. The van der Waals surface area contributed by atoms with Crippen LogP contribution in [-0.2, 0) is 4.79 Å². The maximum atomic E-state index is 10.7. The Kier molecular flexibility index (Phi) is 2.05. The molecule has 9 heavy (non-hydrogen) atoms. The van der Waals surface area contributed by atoms with E-state index in [1.54, 1.807) is 5.48 Å². The monoisotopic (exact) mass is 129 g/mol. The van der Waals surface area contributed by atoms with E-state index in [2.05, 4.69) is 0 Å². The first-order valence-electron chi connectivity index (χ1n) is 3.28. The molecule has 0 aromatic rings. The van der Waals surface area contributed by atoms with E-state index in [4.69, 9.17) is 5.21 Å². The van der Waals surface area contributed by atoms with Gasteiger partial charge in [0.1, 0.15) is 0 Å². The fourth-order valence-corrected chi connectivity index (χ4v) is 1.28. The minimum absolute atomic E-state index is 0.0787. The Morgan fingerprint density at radius 1 is 1.44 bits per heavy atom. The number of hydrogen-bond donors (Lipinski definition) is 2. The largest absolute Gasteiger partial charge is 0.289 e. The molecule has 0 saturated heterocycles. The van der Waals surface area contributed by atoms with Gasteiger partial charge in [0.15, 0.2) is 0 Å². The van der Waals surface area contributed by atoms with E-state index in [9.17, 15) is 4.79 Å². The number of carbonyl (C=O) groups excluding carboxylic acids is 1. The summed E-state index contributed by atoms with van der Waals surface area (Å²) in [5, 5.41) is 8.20. The second-order valence-corrected chi connectivity index (χ2v) is 2.46. The molecule has 0 radical (unpaired) electrons. The Bertz CT molecular complexity index is 108. The van der Waals surface area contributed by atoms with E-state index in [0.717, 1.165) is 25.7 Å². The summed E-state index contributed by atoms with van der Waals surface area (Å²) >= 11 is 0. The average Bonchev–Trinajstić information content (AvgIpc) is 2.37. The summed E-state index contributed by atoms with van der Waals surface area (Å²) in [7, 11) is 0. The zero-order valence-corrected chi connectivity index (χ0v) is 5.26. The lowest BCUT2D eigenvalue weighted by molar-refractivity contribution is -0.133. The molecule has 1 fully saturated rings. The Hall–Kier alpha value is -0.570. The Balaban J connectivity index is 2.32. The molecule has 0 unspecified atom stereocenters. The molecule has 52 valence electrons. The van der Waals surface area contributed by atoms with Crippen LogP contribution in [-0.4, -0.2) is 11.1 Å². The zero-order valence-electron chi connectivity index (χ0n) is 5.26. The molecular weight excluding hydrogens is 118 g/mol. The molecule has 0 aromatic heterocycles. The molecule has 0 aromatic carbocycles. The van der Waals surface area contributed by atoms with Crippen molar-refractivity contribution in [2.75, 3.05) is 0 Å². The van der Waals surface area contributed by atoms with Crippen molar-refractivity contribution in [3.63, 3.8) is 0 Å². The minimum Gasteiger partial charge on any atom is -0.289 e. The predicted molar refractivity (Wildman–Crippen MR) is 31.9 cm³/mol. The number of rotatable bonds is 1. The number of hydrogen-bond acceptors (Lipinski definition) is 2. The van der Waals surface area contributed by atoms with Crippen molar-refractivity contribution in [3.05, 3.63) is 0 Å². The lowest BCUT2D eigenvalue weighted by atomic mass is 10.1. The smallest absolute Gasteiger partial charge is 0.246 e. The van der Waals surface area contributed by atoms with Crippen molar-refractivity contribution < 1.29 is 10.0 Å². The third kappa shape index (κ3) is 1.42. The normalized spacial score (nSPS) is 20.1. The summed E-state index contributed by atoms with van der Waals surface area (Å²) in [6.07, 6.45) is 4.12. The predicted octanol–water partition coefficient (Wildman–Crippen LogP) is 0.682. The highest BCUT2D eigenvalue weighted by molar-refractivity contribution is 5.77. The third-order valence-corrected chi connectivity index (χ3v) is 1.84. The first-order chi connectivity index (χ1) is 4.34. The van der Waals surface area contributed by atoms with Gasteiger partial charge in [0.2, 0.25) is 5.91 Å². The number of nitrogens with one attached hydrogen (secondary N) is 1. The quantitative estimate of drug-likeness (QED) is 0.404. The Morgan fingerprint density at radius 3 is 2.44 bits per heavy atom. The van der Waals surface area contributed by atoms with Crippen LogP contribution in [0.3, 0.4) is 0 Å². The van der Waals surface area contributed by atoms with Gasteiger partial charge in [-0.3, -0.25) is 10.0 Å². The average molecular weight is 129 g/mol. The second-order valence-electron chi connectivity index (χ2n) is 2.46. The van der Waals surface area contributed by atoms with E-state index >= 15 is 0 Å². The first kappa shape index (κ1) is 6.55. The molecule has 3 heteroatoms. The fraction of sp³-hybridized carbons (Fsp3) is 0.833. The van der Waals surface area contributed by atoms with Crippen LogP contribution in [0.2, 0.25) is 0 Å². The van der Waals surface area contributed by atoms with Crippen molar-refractivity contribution in [2.24, 2.45) is 5.92 Å². The zero-order chi connectivity index (χ0) is 6.69. The van der Waals surface area contributed by atoms with Crippen LogP contribution in [0.15, 0.2) is 0 Å². The highest BCUT2D eigenvalue weighted by Crippen LogP contribution is 2.24. The van der Waals surface area contributed by atoms with E-state index in [1.807, 2.05) is 0 Å². The lowest BCUT2D eigenvalue weighted by Gasteiger charge is -2.03. The molecule has 1 saturated carbocycles. The van der Waals surface area contributed by atoms with Crippen LogP contribution >= 0.6 is 0 Å². The van der Waals surface area contributed by atoms with Crippen molar-refractivity contribution in [2.45, 2.75) is 25.7 Å².